The fourth-order valence-electron chi connectivity index (χ4n) is 4.02. The number of nitrogens with zero attached hydrogens (tertiary/aromatic N) is 1. The quantitative estimate of drug-likeness (QED) is 0.585. The van der Waals surface area contributed by atoms with Crippen LogP contribution >= 0.6 is 0 Å². The molecular weight excluding hydrogens is 425 g/mol. The topological polar surface area (TPSA) is 60.0 Å². The summed E-state index contributed by atoms with van der Waals surface area (Å²) in [6.45, 7) is 0.207. The highest BCUT2D eigenvalue weighted by Crippen LogP contribution is 2.41. The van der Waals surface area contributed by atoms with E-state index in [2.05, 4.69) is 5.32 Å². The van der Waals surface area contributed by atoms with Gasteiger partial charge in [0.15, 0.2) is 11.5 Å². The van der Waals surface area contributed by atoms with Crippen molar-refractivity contribution in [3.05, 3.63) is 47.5 Å². The molecule has 0 radical (unpaired) electrons. The van der Waals surface area contributed by atoms with E-state index < -0.39 is 17.8 Å². The molecule has 0 aliphatic heterocycles. The van der Waals surface area contributed by atoms with Crippen molar-refractivity contribution < 1.29 is 32.2 Å². The van der Waals surface area contributed by atoms with Crippen molar-refractivity contribution in [3.63, 3.8) is 0 Å². The third kappa shape index (κ3) is 5.20. The van der Waals surface area contributed by atoms with Crippen molar-refractivity contribution >= 4 is 11.7 Å². The van der Waals surface area contributed by atoms with Crippen LogP contribution in [-0.2, 0) is 12.7 Å². The summed E-state index contributed by atoms with van der Waals surface area (Å²) < 4.78 is 55.4. The SMILES string of the molecule is COc1ccc(CN(C(=O)Nc2cccc(C(F)(F)F)c2)C2CCCC2)c(OC)c1OC. The molecule has 1 saturated carbocycles. The van der Waals surface area contributed by atoms with E-state index in [0.717, 1.165) is 37.8 Å². The number of carbonyl (C=O) groups is 1. The van der Waals surface area contributed by atoms with Gasteiger partial charge in [0.05, 0.1) is 33.4 Å². The zero-order valence-electron chi connectivity index (χ0n) is 18.3. The number of carbonyl (C=O) groups excluding carboxylic acids is 1. The van der Waals surface area contributed by atoms with Gasteiger partial charge in [0.25, 0.3) is 0 Å². The summed E-state index contributed by atoms with van der Waals surface area (Å²) in [6, 6.07) is 7.65. The molecule has 1 aliphatic carbocycles. The zero-order valence-corrected chi connectivity index (χ0v) is 18.3. The highest BCUT2D eigenvalue weighted by atomic mass is 19.4. The lowest BCUT2D eigenvalue weighted by molar-refractivity contribution is -0.137. The van der Waals surface area contributed by atoms with Crippen molar-refractivity contribution in [3.8, 4) is 17.2 Å². The van der Waals surface area contributed by atoms with Crippen molar-refractivity contribution in [1.82, 2.24) is 4.90 Å². The van der Waals surface area contributed by atoms with Crippen LogP contribution in [0, 0.1) is 0 Å². The fourth-order valence-corrected chi connectivity index (χ4v) is 4.02. The molecule has 6 nitrogen and oxygen atoms in total. The number of nitrogens with one attached hydrogen (secondary N) is 1. The second-order valence-electron chi connectivity index (χ2n) is 7.57. The molecule has 9 heteroatoms. The number of amides is 2. The molecule has 0 unspecified atom stereocenters. The van der Waals surface area contributed by atoms with Crippen LogP contribution in [-0.4, -0.2) is 38.3 Å². The average Bonchev–Trinajstić information content (AvgIpc) is 3.30. The van der Waals surface area contributed by atoms with Crippen molar-refractivity contribution in [2.75, 3.05) is 26.6 Å². The van der Waals surface area contributed by atoms with Gasteiger partial charge in [-0.15, -0.1) is 0 Å². The fraction of sp³-hybridized carbons (Fsp3) is 0.435. The third-order valence-corrected chi connectivity index (χ3v) is 5.59. The summed E-state index contributed by atoms with van der Waals surface area (Å²) >= 11 is 0. The van der Waals surface area contributed by atoms with Crippen molar-refractivity contribution in [2.45, 2.75) is 44.4 Å². The third-order valence-electron chi connectivity index (χ3n) is 5.59. The molecule has 3 rings (SSSR count). The molecule has 2 aromatic carbocycles. The number of alkyl halides is 3. The van der Waals surface area contributed by atoms with Gasteiger partial charge in [0.1, 0.15) is 0 Å². The van der Waals surface area contributed by atoms with E-state index in [4.69, 9.17) is 14.2 Å². The van der Waals surface area contributed by atoms with Crippen LogP contribution in [0.15, 0.2) is 36.4 Å². The molecule has 2 aromatic rings. The molecule has 1 aliphatic rings. The summed E-state index contributed by atoms with van der Waals surface area (Å²) in [5, 5.41) is 2.63. The molecule has 32 heavy (non-hydrogen) atoms. The Kier molecular flexibility index (Phi) is 7.37. The first kappa shape index (κ1) is 23.6. The van der Waals surface area contributed by atoms with Gasteiger partial charge >= 0.3 is 12.2 Å². The lowest BCUT2D eigenvalue weighted by atomic mass is 10.1. The Hall–Kier alpha value is -3.10. The highest BCUT2D eigenvalue weighted by molar-refractivity contribution is 5.89. The summed E-state index contributed by atoms with van der Waals surface area (Å²) in [7, 11) is 4.52. The Morgan fingerprint density at radius 1 is 1.03 bits per heavy atom. The Labute approximate surface area is 185 Å². The molecule has 2 amide bonds. The Morgan fingerprint density at radius 3 is 2.31 bits per heavy atom. The molecule has 1 N–H and O–H groups in total. The normalized spacial score (nSPS) is 14.2. The largest absolute Gasteiger partial charge is 0.493 e. The minimum absolute atomic E-state index is 0.0291. The van der Waals surface area contributed by atoms with Crippen LogP contribution in [0.2, 0.25) is 0 Å². The maximum Gasteiger partial charge on any atom is 0.416 e. The molecule has 174 valence electrons. The maximum atomic E-state index is 13.2. The maximum absolute atomic E-state index is 13.2. The minimum atomic E-state index is -4.49. The predicted molar refractivity (Wildman–Crippen MR) is 114 cm³/mol. The molecule has 0 spiro atoms. The smallest absolute Gasteiger partial charge is 0.416 e. The van der Waals surface area contributed by atoms with Crippen LogP contribution in [0.5, 0.6) is 17.2 Å². The molecule has 0 atom stereocenters. The van der Waals surface area contributed by atoms with E-state index >= 15 is 0 Å². The summed E-state index contributed by atoms with van der Waals surface area (Å²) in [5.74, 6) is 1.35. The van der Waals surface area contributed by atoms with Crippen LogP contribution in [0.25, 0.3) is 0 Å². The molecule has 1 fully saturated rings. The number of hydrogen-bond donors (Lipinski definition) is 1. The summed E-state index contributed by atoms with van der Waals surface area (Å²) in [6.07, 6.45) is -0.863. The van der Waals surface area contributed by atoms with E-state index in [9.17, 15) is 18.0 Å². The van der Waals surface area contributed by atoms with Gasteiger partial charge in [-0.3, -0.25) is 0 Å². The van der Waals surface area contributed by atoms with Gasteiger partial charge < -0.3 is 24.4 Å². The number of halogens is 3. The van der Waals surface area contributed by atoms with E-state index in [1.54, 1.807) is 17.0 Å². The van der Waals surface area contributed by atoms with Gasteiger partial charge in [-0.05, 0) is 43.2 Å². The van der Waals surface area contributed by atoms with E-state index in [1.807, 2.05) is 0 Å². The van der Waals surface area contributed by atoms with Crippen LogP contribution in [0.1, 0.15) is 36.8 Å². The average molecular weight is 452 g/mol. The van der Waals surface area contributed by atoms with E-state index in [0.29, 0.717) is 22.8 Å². The number of ether oxygens (including phenoxy) is 3. The van der Waals surface area contributed by atoms with Gasteiger partial charge in [-0.2, -0.15) is 13.2 Å². The van der Waals surface area contributed by atoms with Gasteiger partial charge in [-0.25, -0.2) is 4.79 Å². The number of methoxy groups -OCH3 is 3. The van der Waals surface area contributed by atoms with Crippen molar-refractivity contribution in [2.24, 2.45) is 0 Å². The van der Waals surface area contributed by atoms with E-state index in [-0.39, 0.29) is 18.3 Å². The minimum Gasteiger partial charge on any atom is -0.493 e. The zero-order chi connectivity index (χ0) is 23.3. The monoisotopic (exact) mass is 452 g/mol. The second-order valence-corrected chi connectivity index (χ2v) is 7.57. The first-order valence-electron chi connectivity index (χ1n) is 10.3. The standard InChI is InChI=1S/C23H27F3N2O4/c1-30-19-12-11-15(20(31-2)21(19)32-3)14-28(18-9-4-5-10-18)22(29)27-17-8-6-7-16(13-17)23(24,25)26/h6-8,11-13,18H,4-5,9-10,14H2,1-3H3,(H,27,29). The van der Waals surface area contributed by atoms with Gasteiger partial charge in [0, 0.05) is 17.3 Å². The Morgan fingerprint density at radius 2 is 1.72 bits per heavy atom. The predicted octanol–water partition coefficient (Wildman–Crippen LogP) is 5.71. The first-order valence-corrected chi connectivity index (χ1v) is 10.3. The number of hydrogen-bond acceptors (Lipinski definition) is 4. The lowest BCUT2D eigenvalue weighted by Crippen LogP contribution is -2.41. The van der Waals surface area contributed by atoms with E-state index in [1.165, 1.54) is 33.5 Å². The molecular formula is C23H27F3N2O4. The van der Waals surface area contributed by atoms with Crippen LogP contribution in [0.4, 0.5) is 23.7 Å². The molecule has 0 aromatic heterocycles. The van der Waals surface area contributed by atoms with Gasteiger partial charge in [-0.1, -0.05) is 18.9 Å². The van der Waals surface area contributed by atoms with Crippen LogP contribution in [0.3, 0.4) is 0 Å². The van der Waals surface area contributed by atoms with Crippen LogP contribution < -0.4 is 19.5 Å². The number of rotatable bonds is 7. The number of urea groups is 1. The van der Waals surface area contributed by atoms with Crippen molar-refractivity contribution in [1.29, 1.82) is 0 Å². The summed E-state index contributed by atoms with van der Waals surface area (Å²) in [4.78, 5) is 14.8. The second kappa shape index (κ2) is 10.0. The molecule has 0 saturated heterocycles. The number of benzene rings is 2. The highest BCUT2D eigenvalue weighted by Gasteiger charge is 2.32. The molecule has 0 heterocycles. The summed E-state index contributed by atoms with van der Waals surface area (Å²) in [5.41, 5.74) is -0.0207. The number of anilines is 1. The lowest BCUT2D eigenvalue weighted by Gasteiger charge is -2.30. The Balaban J connectivity index is 1.89. The first-order chi connectivity index (χ1) is 15.3. The molecule has 0 bridgehead atoms. The Bertz CT molecular complexity index is 943. The van der Waals surface area contributed by atoms with Gasteiger partial charge in [0.2, 0.25) is 5.75 Å².